The average Bonchev–Trinajstić information content (AvgIpc) is 2.13. The zero-order chi connectivity index (χ0) is 6.85. The fraction of sp³-hybridized carbons (Fsp3) is 0.167. The third-order valence-corrected chi connectivity index (χ3v) is 1.84. The van der Waals surface area contributed by atoms with Gasteiger partial charge in [0.1, 0.15) is 0 Å². The molecule has 0 fully saturated rings. The van der Waals surface area contributed by atoms with Gasteiger partial charge in [0.05, 0.1) is 4.88 Å². The van der Waals surface area contributed by atoms with Crippen LogP contribution in [-0.2, 0) is 7.05 Å². The number of hydrogen-bond acceptors (Lipinski definition) is 2. The highest BCUT2D eigenvalue weighted by molar-refractivity contribution is 7.09. The second-order valence-electron chi connectivity index (χ2n) is 1.62. The maximum absolute atomic E-state index is 10.7. The molecule has 2 nitrogen and oxygen atoms in total. The Labute approximate surface area is 56.8 Å². The zero-order valence-electron chi connectivity index (χ0n) is 4.92. The van der Waals surface area contributed by atoms with E-state index in [4.69, 9.17) is 6.42 Å². The highest BCUT2D eigenvalue weighted by atomic mass is 32.1. The molecule has 46 valence electrons. The largest absolute Gasteiger partial charge is 0.308 e. The van der Waals surface area contributed by atoms with E-state index in [0.29, 0.717) is 4.88 Å². The van der Waals surface area contributed by atoms with Crippen molar-refractivity contribution in [3.8, 4) is 12.3 Å². The number of aromatic nitrogens is 1. The van der Waals surface area contributed by atoms with Gasteiger partial charge in [0, 0.05) is 13.2 Å². The first-order valence-corrected chi connectivity index (χ1v) is 3.19. The Hall–Kier alpha value is -1.01. The first-order chi connectivity index (χ1) is 4.24. The number of rotatable bonds is 0. The van der Waals surface area contributed by atoms with Crippen LogP contribution in [0.15, 0.2) is 11.0 Å². The van der Waals surface area contributed by atoms with Gasteiger partial charge in [0.25, 0.3) is 0 Å². The topological polar surface area (TPSA) is 22.0 Å². The number of nitrogens with zero attached hydrogens (tertiary/aromatic N) is 1. The summed E-state index contributed by atoms with van der Waals surface area (Å²) < 4.78 is 1.47. The predicted molar refractivity (Wildman–Crippen MR) is 37.5 cm³/mol. The van der Waals surface area contributed by atoms with Crippen LogP contribution in [0, 0.1) is 12.3 Å². The molecule has 0 N–H and O–H groups in total. The van der Waals surface area contributed by atoms with Gasteiger partial charge in [-0.15, -0.1) is 6.42 Å². The van der Waals surface area contributed by atoms with E-state index in [1.807, 2.05) is 0 Å². The zero-order valence-corrected chi connectivity index (χ0v) is 5.73. The Kier molecular flexibility index (Phi) is 1.41. The summed E-state index contributed by atoms with van der Waals surface area (Å²) in [5, 5.41) is 0. The lowest BCUT2D eigenvalue weighted by molar-refractivity contribution is 0.895. The van der Waals surface area contributed by atoms with Gasteiger partial charge in [-0.25, -0.2) is 0 Å². The molecule has 0 saturated heterocycles. The van der Waals surface area contributed by atoms with Crippen molar-refractivity contribution < 1.29 is 0 Å². The minimum Gasteiger partial charge on any atom is -0.308 e. The standard InChI is InChI=1S/C6H5NOS/c1-3-5-4-7(2)6(8)9-5/h1,4H,2H3. The molecule has 0 aliphatic rings. The van der Waals surface area contributed by atoms with E-state index in [1.54, 1.807) is 13.2 Å². The van der Waals surface area contributed by atoms with Gasteiger partial charge >= 0.3 is 4.87 Å². The Morgan fingerprint density at radius 2 is 2.56 bits per heavy atom. The maximum Gasteiger partial charge on any atom is 0.308 e. The molecule has 1 aromatic rings. The van der Waals surface area contributed by atoms with Crippen molar-refractivity contribution in [2.45, 2.75) is 0 Å². The molecule has 3 heteroatoms. The molecule has 0 aromatic carbocycles. The number of thiazole rings is 1. The summed E-state index contributed by atoms with van der Waals surface area (Å²) in [5.74, 6) is 2.39. The van der Waals surface area contributed by atoms with Crippen LogP contribution in [0.2, 0.25) is 0 Å². The van der Waals surface area contributed by atoms with E-state index >= 15 is 0 Å². The first kappa shape index (κ1) is 6.12. The van der Waals surface area contributed by atoms with Crippen LogP contribution in [0.3, 0.4) is 0 Å². The van der Waals surface area contributed by atoms with Gasteiger partial charge in [-0.2, -0.15) is 0 Å². The summed E-state index contributed by atoms with van der Waals surface area (Å²) in [4.78, 5) is 11.4. The third-order valence-electron chi connectivity index (χ3n) is 0.938. The first-order valence-electron chi connectivity index (χ1n) is 2.37. The van der Waals surface area contributed by atoms with Crippen molar-refractivity contribution in [2.75, 3.05) is 0 Å². The molecule has 0 aliphatic heterocycles. The molecular weight excluding hydrogens is 134 g/mol. The molecule has 1 aromatic heterocycles. The van der Waals surface area contributed by atoms with E-state index in [1.165, 1.54) is 4.57 Å². The molecule has 0 spiro atoms. The lowest BCUT2D eigenvalue weighted by Crippen LogP contribution is -2.04. The molecule has 0 bridgehead atoms. The minimum absolute atomic E-state index is 0.0112. The molecule has 0 unspecified atom stereocenters. The summed E-state index contributed by atoms with van der Waals surface area (Å²) in [7, 11) is 1.68. The average molecular weight is 139 g/mol. The van der Waals surface area contributed by atoms with Gasteiger partial charge < -0.3 is 4.57 Å². The number of aryl methyl sites for hydroxylation is 1. The Morgan fingerprint density at radius 1 is 1.89 bits per heavy atom. The van der Waals surface area contributed by atoms with Gasteiger partial charge in [0.15, 0.2) is 0 Å². The lowest BCUT2D eigenvalue weighted by atomic mass is 10.6. The predicted octanol–water partition coefficient (Wildman–Crippen LogP) is 0.428. The quantitative estimate of drug-likeness (QED) is 0.478. The third kappa shape index (κ3) is 1.03. The molecule has 0 atom stereocenters. The molecular formula is C6H5NOS. The van der Waals surface area contributed by atoms with Crippen LogP contribution in [0.5, 0.6) is 0 Å². The van der Waals surface area contributed by atoms with Crippen LogP contribution in [0.4, 0.5) is 0 Å². The van der Waals surface area contributed by atoms with Crippen molar-refractivity contribution in [3.63, 3.8) is 0 Å². The van der Waals surface area contributed by atoms with E-state index < -0.39 is 0 Å². The molecule has 0 amide bonds. The highest BCUT2D eigenvalue weighted by Gasteiger charge is 1.94. The second kappa shape index (κ2) is 2.08. The summed E-state index contributed by atoms with van der Waals surface area (Å²) in [6, 6.07) is 0. The minimum atomic E-state index is -0.0112. The van der Waals surface area contributed by atoms with Crippen LogP contribution in [-0.4, -0.2) is 4.57 Å². The number of terminal acetylenes is 1. The van der Waals surface area contributed by atoms with Crippen molar-refractivity contribution in [3.05, 3.63) is 20.7 Å². The Balaban J connectivity index is 3.33. The van der Waals surface area contributed by atoms with Crippen LogP contribution in [0.1, 0.15) is 4.88 Å². The Bertz CT molecular complexity index is 302. The Morgan fingerprint density at radius 3 is 2.78 bits per heavy atom. The normalized spacial score (nSPS) is 8.89. The van der Waals surface area contributed by atoms with Gasteiger partial charge in [-0.05, 0) is 0 Å². The van der Waals surface area contributed by atoms with E-state index in [2.05, 4.69) is 5.92 Å². The van der Waals surface area contributed by atoms with Gasteiger partial charge in [-0.1, -0.05) is 17.3 Å². The van der Waals surface area contributed by atoms with Gasteiger partial charge in [-0.3, -0.25) is 4.79 Å². The van der Waals surface area contributed by atoms with Crippen LogP contribution < -0.4 is 4.87 Å². The molecule has 1 rings (SSSR count). The van der Waals surface area contributed by atoms with E-state index in [0.717, 1.165) is 11.3 Å². The summed E-state index contributed by atoms with van der Waals surface area (Å²) >= 11 is 1.09. The fourth-order valence-electron chi connectivity index (χ4n) is 0.488. The second-order valence-corrected chi connectivity index (χ2v) is 2.61. The highest BCUT2D eigenvalue weighted by Crippen LogP contribution is 1.97. The van der Waals surface area contributed by atoms with E-state index in [9.17, 15) is 4.79 Å². The molecule has 1 heterocycles. The monoisotopic (exact) mass is 139 g/mol. The van der Waals surface area contributed by atoms with Crippen molar-refractivity contribution in [1.82, 2.24) is 4.57 Å². The molecule has 0 radical (unpaired) electrons. The maximum atomic E-state index is 10.7. The van der Waals surface area contributed by atoms with Crippen molar-refractivity contribution in [1.29, 1.82) is 0 Å². The smallest absolute Gasteiger partial charge is 0.308 e. The SMILES string of the molecule is C#Cc1cn(C)c(=O)s1. The van der Waals surface area contributed by atoms with Crippen LogP contribution >= 0.6 is 11.3 Å². The van der Waals surface area contributed by atoms with Crippen molar-refractivity contribution >= 4 is 11.3 Å². The molecule has 0 aliphatic carbocycles. The van der Waals surface area contributed by atoms with Gasteiger partial charge in [0.2, 0.25) is 0 Å². The summed E-state index contributed by atoms with van der Waals surface area (Å²) in [5.41, 5.74) is 0. The fourth-order valence-corrected chi connectivity index (χ4v) is 1.14. The summed E-state index contributed by atoms with van der Waals surface area (Å²) in [6.07, 6.45) is 6.69. The number of hydrogen-bond donors (Lipinski definition) is 0. The lowest BCUT2D eigenvalue weighted by Gasteiger charge is -1.77. The van der Waals surface area contributed by atoms with Crippen molar-refractivity contribution in [2.24, 2.45) is 7.05 Å². The molecule has 0 saturated carbocycles. The molecule has 9 heavy (non-hydrogen) atoms. The van der Waals surface area contributed by atoms with E-state index in [-0.39, 0.29) is 4.87 Å². The van der Waals surface area contributed by atoms with Crippen LogP contribution in [0.25, 0.3) is 0 Å². The summed E-state index contributed by atoms with van der Waals surface area (Å²) in [6.45, 7) is 0.